The van der Waals surface area contributed by atoms with E-state index in [1.54, 1.807) is 0 Å². The number of rotatable bonds is 0. The SMILES string of the molecule is O[C@H]1CC[C@@H]2[C@H]1CCC21OCCO1. The van der Waals surface area contributed by atoms with Crippen LogP contribution in [0.2, 0.25) is 0 Å². The molecule has 0 bridgehead atoms. The van der Waals surface area contributed by atoms with E-state index >= 15 is 0 Å². The van der Waals surface area contributed by atoms with E-state index in [2.05, 4.69) is 0 Å². The Kier molecular flexibility index (Phi) is 1.70. The van der Waals surface area contributed by atoms with E-state index in [9.17, 15) is 5.11 Å². The Hall–Kier alpha value is -0.120. The predicted octanol–water partition coefficient (Wildman–Crippen LogP) is 0.910. The predicted molar refractivity (Wildman–Crippen MR) is 46.1 cm³/mol. The summed E-state index contributed by atoms with van der Waals surface area (Å²) in [7, 11) is 0. The summed E-state index contributed by atoms with van der Waals surface area (Å²) in [4.78, 5) is 0. The molecule has 0 amide bonds. The molecule has 13 heavy (non-hydrogen) atoms. The lowest BCUT2D eigenvalue weighted by molar-refractivity contribution is -0.184. The van der Waals surface area contributed by atoms with Crippen LogP contribution in [0.15, 0.2) is 0 Å². The molecule has 2 saturated carbocycles. The van der Waals surface area contributed by atoms with E-state index in [4.69, 9.17) is 9.47 Å². The molecule has 0 aromatic carbocycles. The highest BCUT2D eigenvalue weighted by Crippen LogP contribution is 2.53. The molecule has 0 radical (unpaired) electrons. The lowest BCUT2D eigenvalue weighted by Crippen LogP contribution is -2.35. The lowest BCUT2D eigenvalue weighted by Gasteiger charge is -2.28. The van der Waals surface area contributed by atoms with E-state index in [-0.39, 0.29) is 11.9 Å². The number of hydrogen-bond acceptors (Lipinski definition) is 3. The van der Waals surface area contributed by atoms with Crippen LogP contribution in [-0.2, 0) is 9.47 Å². The topological polar surface area (TPSA) is 38.7 Å². The van der Waals surface area contributed by atoms with Gasteiger partial charge in [-0.25, -0.2) is 0 Å². The van der Waals surface area contributed by atoms with Gasteiger partial charge in [0.15, 0.2) is 5.79 Å². The average Bonchev–Trinajstić information content (AvgIpc) is 2.76. The van der Waals surface area contributed by atoms with Gasteiger partial charge in [0, 0.05) is 12.3 Å². The van der Waals surface area contributed by atoms with Gasteiger partial charge in [0.05, 0.1) is 19.3 Å². The third-order valence-electron chi connectivity index (χ3n) is 3.95. The smallest absolute Gasteiger partial charge is 0.171 e. The zero-order valence-electron chi connectivity index (χ0n) is 7.74. The minimum Gasteiger partial charge on any atom is -0.393 e. The molecule has 0 unspecified atom stereocenters. The molecule has 3 atom stereocenters. The van der Waals surface area contributed by atoms with Crippen LogP contribution < -0.4 is 0 Å². The Labute approximate surface area is 78.0 Å². The maximum atomic E-state index is 9.73. The lowest BCUT2D eigenvalue weighted by atomic mass is 9.96. The second-order valence-electron chi connectivity index (χ2n) is 4.46. The highest BCUT2D eigenvalue weighted by molar-refractivity contribution is 5.00. The van der Waals surface area contributed by atoms with Crippen LogP contribution in [-0.4, -0.2) is 30.2 Å². The molecule has 0 aromatic heterocycles. The van der Waals surface area contributed by atoms with Crippen molar-refractivity contribution in [2.45, 2.75) is 37.6 Å². The maximum Gasteiger partial charge on any atom is 0.171 e. The summed E-state index contributed by atoms with van der Waals surface area (Å²) in [6.45, 7) is 1.47. The Morgan fingerprint density at radius 1 is 1.08 bits per heavy atom. The Morgan fingerprint density at radius 3 is 2.62 bits per heavy atom. The highest BCUT2D eigenvalue weighted by Gasteiger charge is 2.56. The van der Waals surface area contributed by atoms with E-state index in [1.165, 1.54) is 0 Å². The monoisotopic (exact) mass is 184 g/mol. The Morgan fingerprint density at radius 2 is 1.85 bits per heavy atom. The van der Waals surface area contributed by atoms with E-state index in [0.717, 1.165) is 38.9 Å². The number of aliphatic hydroxyl groups is 1. The normalized spacial score (nSPS) is 47.3. The first kappa shape index (κ1) is 8.21. The van der Waals surface area contributed by atoms with Crippen molar-refractivity contribution >= 4 is 0 Å². The van der Waals surface area contributed by atoms with E-state index in [1.807, 2.05) is 0 Å². The minimum atomic E-state index is -0.290. The van der Waals surface area contributed by atoms with Crippen molar-refractivity contribution in [2.24, 2.45) is 11.8 Å². The quantitative estimate of drug-likeness (QED) is 0.608. The van der Waals surface area contributed by atoms with Crippen LogP contribution in [0.25, 0.3) is 0 Å². The van der Waals surface area contributed by atoms with Gasteiger partial charge in [-0.3, -0.25) is 0 Å². The summed E-state index contributed by atoms with van der Waals surface area (Å²) in [5.41, 5.74) is 0. The molecule has 1 spiro atoms. The number of fused-ring (bicyclic) bond motifs is 2. The largest absolute Gasteiger partial charge is 0.393 e. The second-order valence-corrected chi connectivity index (χ2v) is 4.46. The molecule has 2 aliphatic carbocycles. The highest BCUT2D eigenvalue weighted by atomic mass is 16.7. The van der Waals surface area contributed by atoms with Crippen LogP contribution in [0, 0.1) is 11.8 Å². The van der Waals surface area contributed by atoms with Crippen molar-refractivity contribution in [3.05, 3.63) is 0 Å². The fraction of sp³-hybridized carbons (Fsp3) is 1.00. The van der Waals surface area contributed by atoms with Crippen molar-refractivity contribution in [2.75, 3.05) is 13.2 Å². The molecule has 3 nitrogen and oxygen atoms in total. The zero-order valence-corrected chi connectivity index (χ0v) is 7.74. The van der Waals surface area contributed by atoms with Gasteiger partial charge < -0.3 is 14.6 Å². The summed E-state index contributed by atoms with van der Waals surface area (Å²) in [6.07, 6.45) is 3.97. The number of ether oxygens (including phenoxy) is 2. The van der Waals surface area contributed by atoms with E-state index in [0.29, 0.717) is 11.8 Å². The van der Waals surface area contributed by atoms with Gasteiger partial charge in [-0.15, -0.1) is 0 Å². The number of hydrogen-bond donors (Lipinski definition) is 1. The molecule has 3 aliphatic rings. The molecular weight excluding hydrogens is 168 g/mol. The third-order valence-corrected chi connectivity index (χ3v) is 3.95. The van der Waals surface area contributed by atoms with Gasteiger partial charge in [-0.2, -0.15) is 0 Å². The fourth-order valence-corrected chi connectivity index (χ4v) is 3.37. The first-order valence-electron chi connectivity index (χ1n) is 5.28. The molecule has 1 saturated heterocycles. The fourth-order valence-electron chi connectivity index (χ4n) is 3.37. The molecule has 74 valence electrons. The van der Waals surface area contributed by atoms with Gasteiger partial charge in [0.25, 0.3) is 0 Å². The standard InChI is InChI=1S/C10H16O3/c11-9-2-1-8-7(9)3-4-10(8)12-5-6-13-10/h7-9,11H,1-6H2/t7-,8-,9+/m1/s1. The molecule has 1 aliphatic heterocycles. The minimum absolute atomic E-state index is 0.0998. The van der Waals surface area contributed by atoms with Crippen molar-refractivity contribution in [3.63, 3.8) is 0 Å². The van der Waals surface area contributed by atoms with Crippen LogP contribution in [0.3, 0.4) is 0 Å². The van der Waals surface area contributed by atoms with Gasteiger partial charge in [-0.05, 0) is 25.2 Å². The Balaban J connectivity index is 1.85. The third kappa shape index (κ3) is 1.01. The second kappa shape index (κ2) is 2.69. The summed E-state index contributed by atoms with van der Waals surface area (Å²) < 4.78 is 11.5. The molecule has 3 fully saturated rings. The molecule has 1 heterocycles. The summed E-state index contributed by atoms with van der Waals surface area (Å²) in [6, 6.07) is 0. The zero-order chi connectivity index (χ0) is 8.89. The summed E-state index contributed by atoms with van der Waals surface area (Å²) in [5, 5.41) is 9.73. The first-order chi connectivity index (χ1) is 6.32. The van der Waals surface area contributed by atoms with Gasteiger partial charge >= 0.3 is 0 Å². The van der Waals surface area contributed by atoms with Gasteiger partial charge in [0.1, 0.15) is 0 Å². The average molecular weight is 184 g/mol. The summed E-state index contributed by atoms with van der Waals surface area (Å²) in [5.74, 6) is 0.616. The van der Waals surface area contributed by atoms with Gasteiger partial charge in [-0.1, -0.05) is 0 Å². The Bertz CT molecular complexity index is 210. The molecule has 3 heteroatoms. The molecule has 3 rings (SSSR count). The maximum absolute atomic E-state index is 9.73. The van der Waals surface area contributed by atoms with Crippen LogP contribution in [0.4, 0.5) is 0 Å². The van der Waals surface area contributed by atoms with Crippen molar-refractivity contribution in [1.82, 2.24) is 0 Å². The molecule has 0 aromatic rings. The van der Waals surface area contributed by atoms with Crippen molar-refractivity contribution in [1.29, 1.82) is 0 Å². The first-order valence-corrected chi connectivity index (χ1v) is 5.28. The molecule has 1 N–H and O–H groups in total. The summed E-state index contributed by atoms with van der Waals surface area (Å²) >= 11 is 0. The number of aliphatic hydroxyl groups excluding tert-OH is 1. The van der Waals surface area contributed by atoms with Crippen molar-refractivity contribution < 1.29 is 14.6 Å². The van der Waals surface area contributed by atoms with E-state index < -0.39 is 0 Å². The van der Waals surface area contributed by atoms with Crippen LogP contribution in [0.5, 0.6) is 0 Å². The van der Waals surface area contributed by atoms with Gasteiger partial charge in [0.2, 0.25) is 0 Å². The van der Waals surface area contributed by atoms with Crippen LogP contribution in [0.1, 0.15) is 25.7 Å². The van der Waals surface area contributed by atoms with Crippen LogP contribution >= 0.6 is 0 Å². The molecular formula is C10H16O3. The van der Waals surface area contributed by atoms with Crippen molar-refractivity contribution in [3.8, 4) is 0 Å².